The minimum atomic E-state index is -4.75. The van der Waals surface area contributed by atoms with Crippen molar-refractivity contribution in [3.63, 3.8) is 0 Å². The largest absolute Gasteiger partial charge is 0.419 e. The number of aliphatic imine (C=N–C) groups is 1. The fourth-order valence-corrected chi connectivity index (χ4v) is 3.50. The molecule has 3 heterocycles. The van der Waals surface area contributed by atoms with E-state index in [0.717, 1.165) is 23.7 Å². The molecule has 1 aromatic rings. The van der Waals surface area contributed by atoms with E-state index in [4.69, 9.17) is 0 Å². The second kappa shape index (κ2) is 7.92. The van der Waals surface area contributed by atoms with Gasteiger partial charge in [-0.1, -0.05) is 6.07 Å². The number of nitrogens with zero attached hydrogens (tertiary/aromatic N) is 5. The number of hydrogen-bond donors (Lipinski definition) is 0. The van der Waals surface area contributed by atoms with Crippen molar-refractivity contribution < 1.29 is 22.4 Å². The number of carbonyl (C=O) groups excluding carboxylic acids is 1. The Morgan fingerprint density at radius 1 is 1.10 bits per heavy atom. The molecule has 1 amide bonds. The highest BCUT2D eigenvalue weighted by molar-refractivity contribution is 5.95. The molecule has 4 rings (SSSR count). The van der Waals surface area contributed by atoms with E-state index >= 15 is 0 Å². The maximum Gasteiger partial charge on any atom is 0.419 e. The molecule has 6 nitrogen and oxygen atoms in total. The lowest BCUT2D eigenvalue weighted by Crippen LogP contribution is -2.51. The van der Waals surface area contributed by atoms with E-state index in [1.54, 1.807) is 16.2 Å². The van der Waals surface area contributed by atoms with Crippen molar-refractivity contribution in [2.45, 2.75) is 12.6 Å². The van der Waals surface area contributed by atoms with E-state index in [1.165, 1.54) is 0 Å². The number of halogens is 4. The van der Waals surface area contributed by atoms with Gasteiger partial charge in [0.05, 0.1) is 24.2 Å². The van der Waals surface area contributed by atoms with Crippen LogP contribution < -0.4 is 0 Å². The summed E-state index contributed by atoms with van der Waals surface area (Å²) in [5.41, 5.74) is -0.145. The molecular weight excluding hydrogens is 402 g/mol. The number of hydrazone groups is 1. The van der Waals surface area contributed by atoms with Crippen LogP contribution in [-0.4, -0.2) is 65.6 Å². The van der Waals surface area contributed by atoms with Crippen molar-refractivity contribution in [3.05, 3.63) is 59.1 Å². The number of carbonyl (C=O) groups is 1. The molecule has 30 heavy (non-hydrogen) atoms. The molecular formula is C20H19F4N5O. The zero-order valence-electron chi connectivity index (χ0n) is 15.9. The predicted octanol–water partition coefficient (Wildman–Crippen LogP) is 2.64. The van der Waals surface area contributed by atoms with Crippen LogP contribution in [0, 0.1) is 5.82 Å². The number of allylic oxidation sites excluding steroid dienone is 1. The van der Waals surface area contributed by atoms with Crippen molar-refractivity contribution in [1.29, 1.82) is 0 Å². The van der Waals surface area contributed by atoms with E-state index in [0.29, 0.717) is 38.8 Å². The van der Waals surface area contributed by atoms with Crippen LogP contribution in [0.25, 0.3) is 0 Å². The minimum Gasteiger partial charge on any atom is -0.352 e. The van der Waals surface area contributed by atoms with Gasteiger partial charge >= 0.3 is 6.18 Å². The molecule has 1 saturated heterocycles. The van der Waals surface area contributed by atoms with E-state index in [9.17, 15) is 22.4 Å². The van der Waals surface area contributed by atoms with Gasteiger partial charge in [-0.15, -0.1) is 5.10 Å². The zero-order valence-corrected chi connectivity index (χ0v) is 15.9. The van der Waals surface area contributed by atoms with Gasteiger partial charge in [0.2, 0.25) is 5.91 Å². The first-order chi connectivity index (χ1) is 14.3. The highest BCUT2D eigenvalue weighted by Crippen LogP contribution is 2.31. The second-order valence-electron chi connectivity index (χ2n) is 7.10. The van der Waals surface area contributed by atoms with Crippen LogP contribution in [0.2, 0.25) is 0 Å². The van der Waals surface area contributed by atoms with E-state index in [2.05, 4.69) is 15.0 Å². The molecule has 10 heteroatoms. The molecule has 0 aliphatic carbocycles. The van der Waals surface area contributed by atoms with Crippen LogP contribution in [0.5, 0.6) is 0 Å². The van der Waals surface area contributed by atoms with E-state index in [-0.39, 0.29) is 17.9 Å². The van der Waals surface area contributed by atoms with Crippen LogP contribution in [0.4, 0.5) is 17.6 Å². The third kappa shape index (κ3) is 4.22. The minimum absolute atomic E-state index is 0.145. The molecule has 1 fully saturated rings. The van der Waals surface area contributed by atoms with Crippen molar-refractivity contribution in [2.24, 2.45) is 10.1 Å². The topological polar surface area (TPSA) is 51.5 Å². The second-order valence-corrected chi connectivity index (χ2v) is 7.10. The Bertz CT molecular complexity index is 958. The molecule has 0 N–H and O–H groups in total. The Morgan fingerprint density at radius 3 is 2.57 bits per heavy atom. The molecule has 158 valence electrons. The Hall–Kier alpha value is -3.17. The van der Waals surface area contributed by atoms with E-state index in [1.807, 2.05) is 18.2 Å². The monoisotopic (exact) mass is 421 g/mol. The number of hydrogen-bond acceptors (Lipinski definition) is 5. The van der Waals surface area contributed by atoms with Crippen molar-refractivity contribution in [1.82, 2.24) is 14.8 Å². The summed E-state index contributed by atoms with van der Waals surface area (Å²) in [7, 11) is 0. The number of amidine groups is 1. The maximum atomic E-state index is 13.7. The molecule has 0 radical (unpaired) electrons. The van der Waals surface area contributed by atoms with Crippen LogP contribution in [0.15, 0.2) is 52.2 Å². The molecule has 0 saturated carbocycles. The number of rotatable bonds is 2. The third-order valence-corrected chi connectivity index (χ3v) is 5.13. The van der Waals surface area contributed by atoms with Gasteiger partial charge in [-0.3, -0.25) is 9.79 Å². The number of piperazine rings is 1. The summed E-state index contributed by atoms with van der Waals surface area (Å²) in [5.74, 6) is -0.838. The molecule has 0 spiro atoms. The van der Waals surface area contributed by atoms with Gasteiger partial charge < -0.3 is 9.80 Å². The summed E-state index contributed by atoms with van der Waals surface area (Å²) >= 11 is 0. The summed E-state index contributed by atoms with van der Waals surface area (Å²) in [5, 5.41) is 6.24. The summed E-state index contributed by atoms with van der Waals surface area (Å²) in [6, 6.07) is 2.60. The Labute approximate surface area is 170 Å². The zero-order chi connectivity index (χ0) is 21.3. The Balaban J connectivity index is 1.34. The Kier molecular flexibility index (Phi) is 5.31. The predicted molar refractivity (Wildman–Crippen MR) is 103 cm³/mol. The van der Waals surface area contributed by atoms with Gasteiger partial charge in [-0.2, -0.15) is 13.2 Å². The summed E-state index contributed by atoms with van der Waals surface area (Å²) in [4.78, 5) is 20.4. The van der Waals surface area contributed by atoms with E-state index < -0.39 is 17.6 Å². The van der Waals surface area contributed by atoms with Gasteiger partial charge in [0.15, 0.2) is 0 Å². The fraction of sp³-hybridized carbons (Fsp3) is 0.350. The van der Waals surface area contributed by atoms with Gasteiger partial charge in [0, 0.05) is 26.2 Å². The first-order valence-electron chi connectivity index (χ1n) is 9.45. The van der Waals surface area contributed by atoms with Gasteiger partial charge in [0.25, 0.3) is 0 Å². The number of alkyl halides is 3. The van der Waals surface area contributed by atoms with Crippen molar-refractivity contribution in [3.8, 4) is 0 Å². The molecule has 0 bridgehead atoms. The summed E-state index contributed by atoms with van der Waals surface area (Å²) in [6.07, 6.45) is 2.62. The standard InChI is InChI=1S/C20H19F4N5O/c21-17-11-14(1-3-16(17)20(22,23)24)12-19(30)28-9-7-27(8-10-28)18-4-2-15-5-6-25-13-29(15)26-18/h1-5,11,13H,6-10,12H2. The highest BCUT2D eigenvalue weighted by atomic mass is 19.4. The van der Waals surface area contributed by atoms with Gasteiger partial charge in [-0.05, 0) is 35.9 Å². The molecule has 1 aromatic carbocycles. The smallest absolute Gasteiger partial charge is 0.352 e. The fourth-order valence-electron chi connectivity index (χ4n) is 3.50. The van der Waals surface area contributed by atoms with Gasteiger partial charge in [-0.25, -0.2) is 9.40 Å². The molecule has 0 aromatic heterocycles. The molecule has 0 atom stereocenters. The molecule has 0 unspecified atom stereocenters. The summed E-state index contributed by atoms with van der Waals surface area (Å²) < 4.78 is 51.7. The first-order valence-corrected chi connectivity index (χ1v) is 9.45. The normalized spacial score (nSPS) is 18.9. The molecule has 3 aliphatic rings. The number of amides is 1. The average Bonchev–Trinajstić information content (AvgIpc) is 2.72. The molecule has 3 aliphatic heterocycles. The van der Waals surface area contributed by atoms with Crippen LogP contribution in [0.3, 0.4) is 0 Å². The van der Waals surface area contributed by atoms with Crippen molar-refractivity contribution in [2.75, 3.05) is 32.7 Å². The Morgan fingerprint density at radius 2 is 1.87 bits per heavy atom. The quantitative estimate of drug-likeness (QED) is 0.690. The van der Waals surface area contributed by atoms with Crippen LogP contribution in [-0.2, 0) is 17.4 Å². The summed E-state index contributed by atoms with van der Waals surface area (Å²) in [6.45, 7) is 2.67. The third-order valence-electron chi connectivity index (χ3n) is 5.13. The maximum absolute atomic E-state index is 13.7. The average molecular weight is 421 g/mol. The number of benzene rings is 1. The highest BCUT2D eigenvalue weighted by Gasteiger charge is 2.34. The van der Waals surface area contributed by atoms with Crippen LogP contribution >= 0.6 is 0 Å². The number of fused-ring (bicyclic) bond motifs is 1. The lowest BCUT2D eigenvalue weighted by atomic mass is 10.1. The lowest BCUT2D eigenvalue weighted by Gasteiger charge is -2.37. The van der Waals surface area contributed by atoms with Crippen molar-refractivity contribution >= 4 is 18.1 Å². The lowest BCUT2D eigenvalue weighted by molar-refractivity contribution is -0.140. The SMILES string of the molecule is O=C(Cc1ccc(C(F)(F)F)c(F)c1)N1CCN(C2=NN3C=NCC=C3C=C2)CC1. The van der Waals surface area contributed by atoms with Crippen LogP contribution in [0.1, 0.15) is 11.1 Å². The first kappa shape index (κ1) is 20.1. The van der Waals surface area contributed by atoms with Gasteiger partial charge in [0.1, 0.15) is 18.0 Å².